The molecule has 0 bridgehead atoms. The summed E-state index contributed by atoms with van der Waals surface area (Å²) in [6.45, 7) is 3.35. The van der Waals surface area contributed by atoms with Crippen LogP contribution in [0.25, 0.3) is 10.8 Å². The van der Waals surface area contributed by atoms with E-state index in [2.05, 4.69) is 19.7 Å². The summed E-state index contributed by atoms with van der Waals surface area (Å²) in [5, 5.41) is 5.06. The van der Waals surface area contributed by atoms with E-state index < -0.39 is 20.0 Å². The Morgan fingerprint density at radius 2 is 1.59 bits per heavy atom. The fourth-order valence-corrected chi connectivity index (χ4v) is 5.43. The molecule has 4 rings (SSSR count). The van der Waals surface area contributed by atoms with Gasteiger partial charge in [-0.2, -0.15) is 0 Å². The maximum absolute atomic E-state index is 13.1. The van der Waals surface area contributed by atoms with Gasteiger partial charge in [0.1, 0.15) is 0 Å². The third-order valence-electron chi connectivity index (χ3n) is 5.28. The van der Waals surface area contributed by atoms with Crippen molar-refractivity contribution >= 4 is 47.9 Å². The molecule has 3 N–H and O–H groups in total. The van der Waals surface area contributed by atoms with Crippen LogP contribution in [0.15, 0.2) is 65.6 Å². The van der Waals surface area contributed by atoms with Gasteiger partial charge in [-0.15, -0.1) is 0 Å². The van der Waals surface area contributed by atoms with Gasteiger partial charge in [0.2, 0.25) is 10.0 Å². The van der Waals surface area contributed by atoms with Crippen LogP contribution in [0.5, 0.6) is 0 Å². The van der Waals surface area contributed by atoms with E-state index in [9.17, 15) is 16.8 Å². The molecule has 1 aliphatic heterocycles. The van der Waals surface area contributed by atoms with Gasteiger partial charge in [0, 0.05) is 25.3 Å². The first-order valence-electron chi connectivity index (χ1n) is 10.3. The molecule has 0 saturated carbocycles. The zero-order chi connectivity index (χ0) is 22.8. The highest BCUT2D eigenvalue weighted by Gasteiger charge is 2.19. The van der Waals surface area contributed by atoms with Crippen LogP contribution in [-0.4, -0.2) is 49.3 Å². The highest BCUT2D eigenvalue weighted by molar-refractivity contribution is 7.93. The molecule has 0 radical (unpaired) electrons. The number of rotatable bonds is 6. The molecule has 0 spiro atoms. The van der Waals surface area contributed by atoms with Crippen LogP contribution >= 0.6 is 0 Å². The molecule has 0 unspecified atom stereocenters. The van der Waals surface area contributed by atoms with Gasteiger partial charge < -0.3 is 10.2 Å². The third kappa shape index (κ3) is 5.32. The van der Waals surface area contributed by atoms with Gasteiger partial charge in [0.15, 0.2) is 0 Å². The Kier molecular flexibility index (Phi) is 6.27. The van der Waals surface area contributed by atoms with E-state index in [1.807, 2.05) is 24.3 Å². The van der Waals surface area contributed by atoms with Crippen LogP contribution in [0.3, 0.4) is 0 Å². The minimum atomic E-state index is -3.93. The monoisotopic (exact) mass is 474 g/mol. The summed E-state index contributed by atoms with van der Waals surface area (Å²) in [7, 11) is -7.55. The van der Waals surface area contributed by atoms with Gasteiger partial charge in [0.05, 0.1) is 22.5 Å². The van der Waals surface area contributed by atoms with Crippen LogP contribution in [0, 0.1) is 0 Å². The lowest BCUT2D eigenvalue weighted by Gasteiger charge is -2.24. The smallest absolute Gasteiger partial charge is 0.261 e. The molecule has 1 aliphatic rings. The molecule has 1 saturated heterocycles. The largest absolute Gasteiger partial charge is 0.370 e. The molecule has 170 valence electrons. The number of nitrogens with zero attached hydrogens (tertiary/aromatic N) is 1. The topological polar surface area (TPSA) is 108 Å². The van der Waals surface area contributed by atoms with Gasteiger partial charge in [-0.1, -0.05) is 30.3 Å². The number of anilines is 3. The Labute approximate surface area is 188 Å². The number of benzene rings is 3. The van der Waals surface area contributed by atoms with E-state index in [1.165, 1.54) is 6.07 Å². The Hall–Kier alpha value is -2.82. The maximum Gasteiger partial charge on any atom is 0.261 e. The van der Waals surface area contributed by atoms with Crippen molar-refractivity contribution in [2.75, 3.05) is 46.8 Å². The first-order chi connectivity index (χ1) is 15.2. The summed E-state index contributed by atoms with van der Waals surface area (Å²) in [6.07, 6.45) is 2.00. The lowest BCUT2D eigenvalue weighted by molar-refractivity contribution is 0.600. The number of fused-ring (bicyclic) bond motifs is 1. The van der Waals surface area contributed by atoms with Crippen molar-refractivity contribution in [3.8, 4) is 0 Å². The fourth-order valence-electron chi connectivity index (χ4n) is 3.74. The molecule has 1 fully saturated rings. The van der Waals surface area contributed by atoms with Crippen LogP contribution in [0.4, 0.5) is 17.1 Å². The van der Waals surface area contributed by atoms with Crippen molar-refractivity contribution in [3.63, 3.8) is 0 Å². The molecule has 3 aromatic rings. The molecular weight excluding hydrogens is 448 g/mol. The molecule has 10 heteroatoms. The van der Waals surface area contributed by atoms with E-state index in [0.29, 0.717) is 0 Å². The Morgan fingerprint density at radius 3 is 2.38 bits per heavy atom. The van der Waals surface area contributed by atoms with Crippen LogP contribution in [-0.2, 0) is 20.0 Å². The van der Waals surface area contributed by atoms with E-state index in [4.69, 9.17) is 0 Å². The van der Waals surface area contributed by atoms with Crippen LogP contribution in [0.1, 0.15) is 6.42 Å². The SMILES string of the molecule is CS(=O)(=O)Nc1cc(N2CCCNCC2)ccc1NS(=O)(=O)c1ccc2ccccc2c1. The molecule has 1 heterocycles. The fraction of sp³-hybridized carbons (Fsp3) is 0.273. The van der Waals surface area contributed by atoms with E-state index >= 15 is 0 Å². The van der Waals surface area contributed by atoms with Crippen molar-refractivity contribution < 1.29 is 16.8 Å². The van der Waals surface area contributed by atoms with Gasteiger partial charge >= 0.3 is 0 Å². The molecule has 32 heavy (non-hydrogen) atoms. The van der Waals surface area contributed by atoms with Crippen LogP contribution in [0.2, 0.25) is 0 Å². The molecule has 0 aliphatic carbocycles. The molecule has 0 aromatic heterocycles. The second-order valence-corrected chi connectivity index (χ2v) is 11.2. The average molecular weight is 475 g/mol. The first-order valence-corrected chi connectivity index (χ1v) is 13.7. The van der Waals surface area contributed by atoms with Crippen molar-refractivity contribution in [1.82, 2.24) is 5.32 Å². The van der Waals surface area contributed by atoms with Crippen LogP contribution < -0.4 is 19.7 Å². The van der Waals surface area contributed by atoms with Crippen molar-refractivity contribution in [2.24, 2.45) is 0 Å². The summed E-state index contributed by atoms with van der Waals surface area (Å²) in [4.78, 5) is 2.25. The molecule has 0 atom stereocenters. The van der Waals surface area contributed by atoms with Gasteiger partial charge in [-0.25, -0.2) is 16.8 Å². The Morgan fingerprint density at radius 1 is 0.812 bits per heavy atom. The maximum atomic E-state index is 13.1. The zero-order valence-electron chi connectivity index (χ0n) is 17.7. The molecule has 3 aromatic carbocycles. The highest BCUT2D eigenvalue weighted by atomic mass is 32.2. The van der Waals surface area contributed by atoms with E-state index in [0.717, 1.165) is 55.3 Å². The minimum Gasteiger partial charge on any atom is -0.370 e. The zero-order valence-corrected chi connectivity index (χ0v) is 19.3. The van der Waals surface area contributed by atoms with Gasteiger partial charge in [0.25, 0.3) is 10.0 Å². The summed E-state index contributed by atoms with van der Waals surface area (Å²) < 4.78 is 55.1. The summed E-state index contributed by atoms with van der Waals surface area (Å²) in [6, 6.07) is 17.4. The van der Waals surface area contributed by atoms with E-state index in [1.54, 1.807) is 30.3 Å². The highest BCUT2D eigenvalue weighted by Crippen LogP contribution is 2.31. The van der Waals surface area contributed by atoms with E-state index in [-0.39, 0.29) is 16.3 Å². The van der Waals surface area contributed by atoms with Crippen molar-refractivity contribution in [1.29, 1.82) is 0 Å². The molecule has 0 amide bonds. The average Bonchev–Trinajstić information content (AvgIpc) is 3.03. The quantitative estimate of drug-likeness (QED) is 0.507. The predicted octanol–water partition coefficient (Wildman–Crippen LogP) is 2.81. The molecule has 8 nitrogen and oxygen atoms in total. The standard InChI is InChI=1S/C22H26N4O4S2/c1-31(27,28)24-22-16-19(26-13-4-11-23-12-14-26)8-10-21(22)25-32(29,30)20-9-7-17-5-2-3-6-18(17)15-20/h2-3,5-10,15-16,23-25H,4,11-14H2,1H3. The van der Waals surface area contributed by atoms with Crippen molar-refractivity contribution in [2.45, 2.75) is 11.3 Å². The second-order valence-electron chi connectivity index (χ2n) is 7.81. The molecular formula is C22H26N4O4S2. The number of nitrogens with one attached hydrogen (secondary N) is 3. The van der Waals surface area contributed by atoms with Crippen molar-refractivity contribution in [3.05, 3.63) is 60.7 Å². The lowest BCUT2D eigenvalue weighted by atomic mass is 10.1. The lowest BCUT2D eigenvalue weighted by Crippen LogP contribution is -2.28. The summed E-state index contributed by atoms with van der Waals surface area (Å²) in [5.41, 5.74) is 1.18. The van der Waals surface area contributed by atoms with Gasteiger partial charge in [-0.3, -0.25) is 9.44 Å². The third-order valence-corrected chi connectivity index (χ3v) is 7.23. The number of sulfonamides is 2. The number of hydrogen-bond donors (Lipinski definition) is 3. The normalized spacial score (nSPS) is 15.3. The summed E-state index contributed by atoms with van der Waals surface area (Å²) >= 11 is 0. The minimum absolute atomic E-state index is 0.101. The Balaban J connectivity index is 1.68. The second kappa shape index (κ2) is 8.97. The van der Waals surface area contributed by atoms with Gasteiger partial charge in [-0.05, 0) is 54.1 Å². The first kappa shape index (κ1) is 22.4. The number of hydrogen-bond acceptors (Lipinski definition) is 6. The Bertz CT molecular complexity index is 1330. The predicted molar refractivity (Wildman–Crippen MR) is 129 cm³/mol. The summed E-state index contributed by atoms with van der Waals surface area (Å²) in [5.74, 6) is 0.